The van der Waals surface area contributed by atoms with Crippen molar-refractivity contribution in [2.24, 2.45) is 0 Å². The van der Waals surface area contributed by atoms with Gasteiger partial charge in [0, 0.05) is 41.9 Å². The fraction of sp³-hybridized carbons (Fsp3) is 0.278. The van der Waals surface area contributed by atoms with E-state index < -0.39 is 0 Å². The summed E-state index contributed by atoms with van der Waals surface area (Å²) in [5.41, 5.74) is 1.87. The van der Waals surface area contributed by atoms with Crippen molar-refractivity contribution in [2.45, 2.75) is 0 Å². The molecule has 0 radical (unpaired) electrons. The molecular formula is C18H19BrN2O2. The number of hydrogen-bond donors (Lipinski definition) is 0. The van der Waals surface area contributed by atoms with E-state index in [2.05, 4.69) is 33.0 Å². The Bertz CT molecular complexity index is 697. The third kappa shape index (κ3) is 3.67. The van der Waals surface area contributed by atoms with Crippen LogP contribution in [0.2, 0.25) is 0 Å². The minimum Gasteiger partial charge on any atom is -0.497 e. The molecule has 1 heterocycles. The van der Waals surface area contributed by atoms with Crippen molar-refractivity contribution in [3.05, 3.63) is 58.6 Å². The van der Waals surface area contributed by atoms with E-state index in [0.29, 0.717) is 11.3 Å². The summed E-state index contributed by atoms with van der Waals surface area (Å²) in [6.45, 7) is 3.13. The molecule has 1 fully saturated rings. The lowest BCUT2D eigenvalue weighted by molar-refractivity contribution is 0.0746. The van der Waals surface area contributed by atoms with Crippen molar-refractivity contribution in [3.63, 3.8) is 0 Å². The number of nitrogens with zero attached hydrogens (tertiary/aromatic N) is 2. The number of carbonyl (C=O) groups excluding carboxylic acids is 1. The molecule has 1 aliphatic heterocycles. The first-order valence-electron chi connectivity index (χ1n) is 7.61. The maximum absolute atomic E-state index is 12.6. The molecule has 0 aromatic heterocycles. The Morgan fingerprint density at radius 3 is 2.48 bits per heavy atom. The Morgan fingerprint density at radius 1 is 1.04 bits per heavy atom. The molecule has 2 aromatic carbocycles. The van der Waals surface area contributed by atoms with E-state index in [-0.39, 0.29) is 5.91 Å². The minimum absolute atomic E-state index is 0.0674. The predicted octanol–water partition coefficient (Wildman–Crippen LogP) is 3.42. The first-order chi connectivity index (χ1) is 11.2. The Hall–Kier alpha value is -2.01. The molecule has 1 saturated heterocycles. The standard InChI is InChI=1S/C18H19BrN2O2/c1-23-17-7-2-4-14(12-17)18(22)21-10-8-20(9-11-21)16-6-3-5-15(19)13-16/h2-7,12-13H,8-11H2,1H3. The maximum atomic E-state index is 12.6. The zero-order valence-corrected chi connectivity index (χ0v) is 14.6. The van der Waals surface area contributed by atoms with Crippen LogP contribution in [0.1, 0.15) is 10.4 Å². The van der Waals surface area contributed by atoms with E-state index in [9.17, 15) is 4.79 Å². The summed E-state index contributed by atoms with van der Waals surface area (Å²) in [7, 11) is 1.61. The molecule has 0 aliphatic carbocycles. The van der Waals surface area contributed by atoms with Crippen LogP contribution in [-0.4, -0.2) is 44.1 Å². The molecule has 0 atom stereocenters. The summed E-state index contributed by atoms with van der Waals surface area (Å²) < 4.78 is 6.27. The quantitative estimate of drug-likeness (QED) is 0.824. The molecule has 0 bridgehead atoms. The highest BCUT2D eigenvalue weighted by Crippen LogP contribution is 2.22. The highest BCUT2D eigenvalue weighted by atomic mass is 79.9. The van der Waals surface area contributed by atoms with Gasteiger partial charge in [0.15, 0.2) is 0 Å². The lowest BCUT2D eigenvalue weighted by Crippen LogP contribution is -2.48. The number of anilines is 1. The van der Waals surface area contributed by atoms with Gasteiger partial charge in [-0.2, -0.15) is 0 Å². The second-order valence-corrected chi connectivity index (χ2v) is 6.41. The van der Waals surface area contributed by atoms with E-state index >= 15 is 0 Å². The summed E-state index contributed by atoms with van der Waals surface area (Å²) >= 11 is 3.50. The van der Waals surface area contributed by atoms with E-state index in [1.807, 2.05) is 35.2 Å². The van der Waals surface area contributed by atoms with Gasteiger partial charge in [0.25, 0.3) is 5.91 Å². The number of amides is 1. The van der Waals surface area contributed by atoms with Crippen LogP contribution in [0.15, 0.2) is 53.0 Å². The molecule has 120 valence electrons. The molecule has 0 saturated carbocycles. The van der Waals surface area contributed by atoms with E-state index in [1.54, 1.807) is 13.2 Å². The van der Waals surface area contributed by atoms with Gasteiger partial charge in [0.2, 0.25) is 0 Å². The number of piperazine rings is 1. The number of rotatable bonds is 3. The van der Waals surface area contributed by atoms with E-state index in [4.69, 9.17) is 4.74 Å². The van der Waals surface area contributed by atoms with Crippen LogP contribution >= 0.6 is 15.9 Å². The Morgan fingerprint density at radius 2 is 1.78 bits per heavy atom. The van der Waals surface area contributed by atoms with Crippen molar-refractivity contribution in [3.8, 4) is 5.75 Å². The molecule has 5 heteroatoms. The first-order valence-corrected chi connectivity index (χ1v) is 8.40. The predicted molar refractivity (Wildman–Crippen MR) is 95.3 cm³/mol. The van der Waals surface area contributed by atoms with Crippen LogP contribution in [0.25, 0.3) is 0 Å². The summed E-state index contributed by atoms with van der Waals surface area (Å²) in [5, 5.41) is 0. The first kappa shape index (κ1) is 15.9. The second-order valence-electron chi connectivity index (χ2n) is 5.49. The summed E-state index contributed by atoms with van der Waals surface area (Å²) in [6, 6.07) is 15.6. The number of ether oxygens (including phenoxy) is 1. The van der Waals surface area contributed by atoms with Crippen LogP contribution < -0.4 is 9.64 Å². The van der Waals surface area contributed by atoms with Gasteiger partial charge in [0.1, 0.15) is 5.75 Å². The topological polar surface area (TPSA) is 32.8 Å². The van der Waals surface area contributed by atoms with Crippen LogP contribution in [-0.2, 0) is 0 Å². The van der Waals surface area contributed by atoms with Crippen molar-refractivity contribution < 1.29 is 9.53 Å². The molecule has 0 N–H and O–H groups in total. The fourth-order valence-electron chi connectivity index (χ4n) is 2.78. The highest BCUT2D eigenvalue weighted by molar-refractivity contribution is 9.10. The number of benzene rings is 2. The monoisotopic (exact) mass is 374 g/mol. The third-order valence-corrected chi connectivity index (χ3v) is 4.55. The van der Waals surface area contributed by atoms with Gasteiger partial charge in [-0.05, 0) is 36.4 Å². The van der Waals surface area contributed by atoms with Crippen LogP contribution in [0.4, 0.5) is 5.69 Å². The smallest absolute Gasteiger partial charge is 0.254 e. The van der Waals surface area contributed by atoms with E-state index in [0.717, 1.165) is 30.7 Å². The maximum Gasteiger partial charge on any atom is 0.254 e. The number of carbonyl (C=O) groups is 1. The number of hydrogen-bond acceptors (Lipinski definition) is 3. The van der Waals surface area contributed by atoms with Gasteiger partial charge in [-0.3, -0.25) is 4.79 Å². The van der Waals surface area contributed by atoms with Crippen molar-refractivity contribution in [1.29, 1.82) is 0 Å². The highest BCUT2D eigenvalue weighted by Gasteiger charge is 2.22. The zero-order chi connectivity index (χ0) is 16.2. The Kier molecular flexibility index (Phi) is 4.86. The SMILES string of the molecule is COc1cccc(C(=O)N2CCN(c3cccc(Br)c3)CC2)c1. The average Bonchev–Trinajstić information content (AvgIpc) is 2.61. The average molecular weight is 375 g/mol. The molecular weight excluding hydrogens is 356 g/mol. The zero-order valence-electron chi connectivity index (χ0n) is 13.0. The van der Waals surface area contributed by atoms with Crippen LogP contribution in [0.3, 0.4) is 0 Å². The summed E-state index contributed by atoms with van der Waals surface area (Å²) in [6.07, 6.45) is 0. The number of halogens is 1. The molecule has 1 aliphatic rings. The Balaban J connectivity index is 1.65. The number of methoxy groups -OCH3 is 1. The largest absolute Gasteiger partial charge is 0.497 e. The van der Waals surface area contributed by atoms with Gasteiger partial charge >= 0.3 is 0 Å². The molecule has 23 heavy (non-hydrogen) atoms. The molecule has 3 rings (SSSR count). The molecule has 4 nitrogen and oxygen atoms in total. The summed E-state index contributed by atoms with van der Waals surface area (Å²) in [4.78, 5) is 16.8. The van der Waals surface area contributed by atoms with Gasteiger partial charge < -0.3 is 14.5 Å². The van der Waals surface area contributed by atoms with Gasteiger partial charge in [-0.15, -0.1) is 0 Å². The lowest BCUT2D eigenvalue weighted by Gasteiger charge is -2.36. The molecule has 1 amide bonds. The van der Waals surface area contributed by atoms with Crippen molar-refractivity contribution in [1.82, 2.24) is 4.90 Å². The molecule has 0 unspecified atom stereocenters. The Labute approximate surface area is 144 Å². The lowest BCUT2D eigenvalue weighted by atomic mass is 10.1. The normalized spacial score (nSPS) is 14.7. The second kappa shape index (κ2) is 7.04. The molecule has 0 spiro atoms. The van der Waals surface area contributed by atoms with Crippen molar-refractivity contribution >= 4 is 27.5 Å². The third-order valence-electron chi connectivity index (χ3n) is 4.06. The van der Waals surface area contributed by atoms with Gasteiger partial charge in [-0.1, -0.05) is 28.1 Å². The van der Waals surface area contributed by atoms with Gasteiger partial charge in [-0.25, -0.2) is 0 Å². The van der Waals surface area contributed by atoms with E-state index in [1.165, 1.54) is 5.69 Å². The summed E-state index contributed by atoms with van der Waals surface area (Å²) in [5.74, 6) is 0.779. The fourth-order valence-corrected chi connectivity index (χ4v) is 3.17. The van der Waals surface area contributed by atoms with Crippen molar-refractivity contribution in [2.75, 3.05) is 38.2 Å². The van der Waals surface area contributed by atoms with Gasteiger partial charge in [0.05, 0.1) is 7.11 Å². The minimum atomic E-state index is 0.0674. The van der Waals surface area contributed by atoms with Crippen LogP contribution in [0.5, 0.6) is 5.75 Å². The molecule has 2 aromatic rings. The van der Waals surface area contributed by atoms with Crippen LogP contribution in [0, 0.1) is 0 Å².